The summed E-state index contributed by atoms with van der Waals surface area (Å²) in [5.41, 5.74) is -0.293. The van der Waals surface area contributed by atoms with Gasteiger partial charge < -0.3 is 9.64 Å². The van der Waals surface area contributed by atoms with Crippen molar-refractivity contribution in [1.29, 1.82) is 0 Å². The summed E-state index contributed by atoms with van der Waals surface area (Å²) < 4.78 is 61.0. The largest absolute Gasteiger partial charge is 0.416 e. The molecule has 1 aromatic heterocycles. The fourth-order valence-electron chi connectivity index (χ4n) is 3.59. The monoisotopic (exact) mass is 449 g/mol. The molecule has 2 unspecified atom stereocenters. The second-order valence-corrected chi connectivity index (χ2v) is 7.55. The average molecular weight is 449 g/mol. The molecule has 0 N–H and O–H groups in total. The standard InChI is InChI=1S/C21H19F4N5O2/c1-12-11-32-19(14-4-3-5-15(8-14)21(23,24)25)10-29(12)20(31)17-7-6-16(9-18(17)22)30-13(2)26-27-28-30/h3-9,12,19H,10-11H2,1-2H3. The van der Waals surface area contributed by atoms with Gasteiger partial charge in [0.05, 0.1) is 36.0 Å². The van der Waals surface area contributed by atoms with E-state index in [0.717, 1.165) is 18.2 Å². The highest BCUT2D eigenvalue weighted by Gasteiger charge is 2.35. The molecule has 3 aromatic rings. The molecule has 1 amide bonds. The third kappa shape index (κ3) is 4.20. The van der Waals surface area contributed by atoms with Gasteiger partial charge in [-0.3, -0.25) is 4.79 Å². The molecule has 11 heteroatoms. The molecule has 32 heavy (non-hydrogen) atoms. The Labute approximate surface area is 180 Å². The van der Waals surface area contributed by atoms with Gasteiger partial charge in [-0.05, 0) is 54.1 Å². The highest BCUT2D eigenvalue weighted by atomic mass is 19.4. The number of aromatic nitrogens is 4. The molecular weight excluding hydrogens is 430 g/mol. The number of nitrogens with zero attached hydrogens (tertiary/aromatic N) is 5. The maximum Gasteiger partial charge on any atom is 0.416 e. The van der Waals surface area contributed by atoms with E-state index >= 15 is 0 Å². The highest BCUT2D eigenvalue weighted by molar-refractivity contribution is 5.95. The summed E-state index contributed by atoms with van der Waals surface area (Å²) in [4.78, 5) is 14.5. The summed E-state index contributed by atoms with van der Waals surface area (Å²) in [5, 5.41) is 11.0. The fraction of sp³-hybridized carbons (Fsp3) is 0.333. The number of tetrazole rings is 1. The summed E-state index contributed by atoms with van der Waals surface area (Å²) in [6.45, 7) is 3.49. The SMILES string of the molecule is Cc1nnnn1-c1ccc(C(=O)N2CC(c3cccc(C(F)(F)F)c3)OCC2C)c(F)c1. The Hall–Kier alpha value is -3.34. The first-order valence-corrected chi connectivity index (χ1v) is 9.80. The number of rotatable bonds is 3. The lowest BCUT2D eigenvalue weighted by molar-refractivity contribution is -0.137. The number of halogens is 4. The molecule has 2 atom stereocenters. The molecule has 0 saturated carbocycles. The molecule has 0 bridgehead atoms. The van der Waals surface area contributed by atoms with Gasteiger partial charge in [0.1, 0.15) is 11.9 Å². The molecule has 1 aliphatic heterocycles. The van der Waals surface area contributed by atoms with Crippen LogP contribution in [0.2, 0.25) is 0 Å². The molecule has 168 valence electrons. The minimum absolute atomic E-state index is 0.00535. The van der Waals surface area contributed by atoms with Crippen molar-refractivity contribution < 1.29 is 27.1 Å². The van der Waals surface area contributed by atoms with Gasteiger partial charge in [-0.1, -0.05) is 12.1 Å². The normalized spacial score (nSPS) is 19.2. The van der Waals surface area contributed by atoms with E-state index in [9.17, 15) is 22.4 Å². The zero-order valence-electron chi connectivity index (χ0n) is 17.2. The van der Waals surface area contributed by atoms with E-state index < -0.39 is 29.6 Å². The number of amides is 1. The summed E-state index contributed by atoms with van der Waals surface area (Å²) in [5.74, 6) is -0.874. The number of hydrogen-bond acceptors (Lipinski definition) is 5. The summed E-state index contributed by atoms with van der Waals surface area (Å²) >= 11 is 0. The minimum Gasteiger partial charge on any atom is -0.370 e. The maximum atomic E-state index is 14.8. The van der Waals surface area contributed by atoms with Crippen LogP contribution in [0.1, 0.15) is 40.3 Å². The molecule has 0 radical (unpaired) electrons. The van der Waals surface area contributed by atoms with Crippen molar-refractivity contribution in [2.75, 3.05) is 13.2 Å². The minimum atomic E-state index is -4.49. The second-order valence-electron chi connectivity index (χ2n) is 7.55. The van der Waals surface area contributed by atoms with E-state index in [0.29, 0.717) is 17.1 Å². The second kappa shape index (κ2) is 8.30. The van der Waals surface area contributed by atoms with Gasteiger partial charge in [-0.15, -0.1) is 5.10 Å². The van der Waals surface area contributed by atoms with Crippen LogP contribution in [0.5, 0.6) is 0 Å². The van der Waals surface area contributed by atoms with E-state index in [1.807, 2.05) is 0 Å². The van der Waals surface area contributed by atoms with Gasteiger partial charge in [0.15, 0.2) is 5.82 Å². The zero-order valence-corrected chi connectivity index (χ0v) is 17.2. The van der Waals surface area contributed by atoms with Gasteiger partial charge in [-0.25, -0.2) is 4.39 Å². The molecule has 2 aromatic carbocycles. The van der Waals surface area contributed by atoms with Crippen molar-refractivity contribution in [3.63, 3.8) is 0 Å². The van der Waals surface area contributed by atoms with E-state index in [-0.39, 0.29) is 24.8 Å². The Morgan fingerprint density at radius 2 is 1.97 bits per heavy atom. The predicted molar refractivity (Wildman–Crippen MR) is 104 cm³/mol. The quantitative estimate of drug-likeness (QED) is 0.570. The average Bonchev–Trinajstić information content (AvgIpc) is 3.19. The summed E-state index contributed by atoms with van der Waals surface area (Å²) in [6, 6.07) is 8.43. The number of carbonyl (C=O) groups excluding carboxylic acids is 1. The summed E-state index contributed by atoms with van der Waals surface area (Å²) in [7, 11) is 0. The van der Waals surface area contributed by atoms with Crippen LogP contribution >= 0.6 is 0 Å². The van der Waals surface area contributed by atoms with Crippen molar-refractivity contribution in [2.45, 2.75) is 32.2 Å². The van der Waals surface area contributed by atoms with Crippen LogP contribution in [0.15, 0.2) is 42.5 Å². The number of alkyl halides is 3. The van der Waals surface area contributed by atoms with Gasteiger partial charge in [0, 0.05) is 6.07 Å². The van der Waals surface area contributed by atoms with E-state index in [1.54, 1.807) is 13.8 Å². The molecule has 2 heterocycles. The van der Waals surface area contributed by atoms with Crippen molar-refractivity contribution in [2.24, 2.45) is 0 Å². The van der Waals surface area contributed by atoms with Gasteiger partial charge in [-0.2, -0.15) is 17.9 Å². The Balaban J connectivity index is 1.58. The van der Waals surface area contributed by atoms with Crippen molar-refractivity contribution >= 4 is 5.91 Å². The fourth-order valence-corrected chi connectivity index (χ4v) is 3.59. The van der Waals surface area contributed by atoms with Gasteiger partial charge in [0.25, 0.3) is 5.91 Å². The number of aryl methyl sites for hydroxylation is 1. The molecule has 4 rings (SSSR count). The lowest BCUT2D eigenvalue weighted by atomic mass is 10.0. The maximum absolute atomic E-state index is 14.8. The Morgan fingerprint density at radius 3 is 2.62 bits per heavy atom. The first kappa shape index (κ1) is 21.9. The smallest absolute Gasteiger partial charge is 0.370 e. The lowest BCUT2D eigenvalue weighted by Crippen LogP contribution is -2.48. The summed E-state index contributed by atoms with van der Waals surface area (Å²) in [6.07, 6.45) is -5.25. The third-order valence-electron chi connectivity index (χ3n) is 5.33. The van der Waals surface area contributed by atoms with Crippen LogP contribution in [0.25, 0.3) is 5.69 Å². The number of benzene rings is 2. The Bertz CT molecular complexity index is 1150. The molecule has 1 fully saturated rings. The van der Waals surface area contributed by atoms with Crippen molar-refractivity contribution in [1.82, 2.24) is 25.1 Å². The molecule has 7 nitrogen and oxygen atoms in total. The van der Waals surface area contributed by atoms with E-state index in [2.05, 4.69) is 15.5 Å². The Kier molecular flexibility index (Phi) is 5.68. The van der Waals surface area contributed by atoms with Crippen LogP contribution in [0.4, 0.5) is 17.6 Å². The third-order valence-corrected chi connectivity index (χ3v) is 5.33. The van der Waals surface area contributed by atoms with Gasteiger partial charge >= 0.3 is 6.18 Å². The van der Waals surface area contributed by atoms with Crippen LogP contribution in [-0.4, -0.2) is 50.2 Å². The molecule has 1 saturated heterocycles. The van der Waals surface area contributed by atoms with Crippen LogP contribution in [0, 0.1) is 12.7 Å². The first-order chi connectivity index (χ1) is 15.1. The Morgan fingerprint density at radius 1 is 1.19 bits per heavy atom. The van der Waals surface area contributed by atoms with Crippen molar-refractivity contribution in [3.05, 3.63) is 70.8 Å². The van der Waals surface area contributed by atoms with Crippen molar-refractivity contribution in [3.8, 4) is 5.69 Å². The number of morpholine rings is 1. The van der Waals surface area contributed by atoms with Gasteiger partial charge in [0.2, 0.25) is 0 Å². The molecule has 0 aliphatic carbocycles. The van der Waals surface area contributed by atoms with Crippen LogP contribution in [0.3, 0.4) is 0 Å². The van der Waals surface area contributed by atoms with Crippen LogP contribution in [-0.2, 0) is 10.9 Å². The first-order valence-electron chi connectivity index (χ1n) is 9.80. The van der Waals surface area contributed by atoms with E-state index in [1.165, 1.54) is 33.8 Å². The predicted octanol–water partition coefficient (Wildman–Crippen LogP) is 3.73. The number of carbonyl (C=O) groups is 1. The highest BCUT2D eigenvalue weighted by Crippen LogP contribution is 2.33. The zero-order chi connectivity index (χ0) is 23.0. The topological polar surface area (TPSA) is 73.1 Å². The molecular formula is C21H19F4N5O2. The van der Waals surface area contributed by atoms with E-state index in [4.69, 9.17) is 4.74 Å². The number of ether oxygens (including phenoxy) is 1. The number of hydrogen-bond donors (Lipinski definition) is 0. The van der Waals surface area contributed by atoms with Crippen LogP contribution < -0.4 is 0 Å². The molecule has 0 spiro atoms. The molecule has 1 aliphatic rings. The lowest BCUT2D eigenvalue weighted by Gasteiger charge is -2.38.